The Morgan fingerprint density at radius 1 is 1.06 bits per heavy atom. The minimum atomic E-state index is -1.33. The van der Waals surface area contributed by atoms with E-state index in [2.05, 4.69) is 0 Å². The van der Waals surface area contributed by atoms with E-state index in [1.54, 1.807) is 18.2 Å². The molecule has 0 spiro atoms. The van der Waals surface area contributed by atoms with Crippen LogP contribution in [0.15, 0.2) is 53.4 Å². The standard InChI is InChI=1S/C14H13FOS/c1-11-6-8-12(9-7-11)10-17(16)14-5-3-2-4-13(14)15/h2-9H,10H2,1H3. The molecule has 0 fully saturated rings. The second kappa shape index (κ2) is 5.23. The van der Waals surface area contributed by atoms with Gasteiger partial charge in [0, 0.05) is 0 Å². The highest BCUT2D eigenvalue weighted by Gasteiger charge is 2.09. The van der Waals surface area contributed by atoms with E-state index in [0.717, 1.165) is 11.1 Å². The Hall–Kier alpha value is -1.48. The van der Waals surface area contributed by atoms with Crippen LogP contribution in [0, 0.1) is 12.7 Å². The van der Waals surface area contributed by atoms with Crippen LogP contribution < -0.4 is 0 Å². The van der Waals surface area contributed by atoms with Crippen LogP contribution in [0.3, 0.4) is 0 Å². The van der Waals surface area contributed by atoms with Crippen LogP contribution in [0.5, 0.6) is 0 Å². The Labute approximate surface area is 103 Å². The third-order valence-corrected chi connectivity index (χ3v) is 3.92. The van der Waals surface area contributed by atoms with Gasteiger partial charge < -0.3 is 0 Å². The molecule has 1 unspecified atom stereocenters. The maximum absolute atomic E-state index is 13.4. The highest BCUT2D eigenvalue weighted by molar-refractivity contribution is 7.84. The van der Waals surface area contributed by atoms with Gasteiger partial charge in [0.15, 0.2) is 0 Å². The molecule has 1 atom stereocenters. The van der Waals surface area contributed by atoms with E-state index in [1.807, 2.05) is 31.2 Å². The fourth-order valence-electron chi connectivity index (χ4n) is 1.54. The van der Waals surface area contributed by atoms with E-state index in [1.165, 1.54) is 6.07 Å². The summed E-state index contributed by atoms with van der Waals surface area (Å²) < 4.78 is 25.4. The van der Waals surface area contributed by atoms with Gasteiger partial charge in [-0.3, -0.25) is 4.21 Å². The molecule has 0 aromatic heterocycles. The molecule has 0 radical (unpaired) electrons. The molecule has 3 heteroatoms. The molecule has 0 heterocycles. The summed E-state index contributed by atoms with van der Waals surface area (Å²) in [5.41, 5.74) is 2.11. The number of benzene rings is 2. The first kappa shape index (κ1) is 12.0. The number of halogens is 1. The maximum atomic E-state index is 13.4. The van der Waals surface area contributed by atoms with E-state index in [-0.39, 0.29) is 4.90 Å². The Kier molecular flexibility index (Phi) is 3.69. The van der Waals surface area contributed by atoms with Crippen molar-refractivity contribution in [3.63, 3.8) is 0 Å². The zero-order valence-corrected chi connectivity index (χ0v) is 10.3. The van der Waals surface area contributed by atoms with Gasteiger partial charge in [-0.15, -0.1) is 0 Å². The zero-order valence-electron chi connectivity index (χ0n) is 9.52. The minimum Gasteiger partial charge on any atom is -0.254 e. The summed E-state index contributed by atoms with van der Waals surface area (Å²) in [7, 11) is -1.33. The molecule has 0 bridgehead atoms. The molecule has 1 nitrogen and oxygen atoms in total. The van der Waals surface area contributed by atoms with Crippen LogP contribution in [0.2, 0.25) is 0 Å². The van der Waals surface area contributed by atoms with Gasteiger partial charge in [0.25, 0.3) is 0 Å². The maximum Gasteiger partial charge on any atom is 0.139 e. The molecular weight excluding hydrogens is 235 g/mol. The summed E-state index contributed by atoms with van der Waals surface area (Å²) in [6.07, 6.45) is 0. The van der Waals surface area contributed by atoms with E-state index in [4.69, 9.17) is 0 Å². The van der Waals surface area contributed by atoms with E-state index in [9.17, 15) is 8.60 Å². The van der Waals surface area contributed by atoms with Crippen molar-refractivity contribution in [3.05, 3.63) is 65.5 Å². The van der Waals surface area contributed by atoms with Crippen LogP contribution >= 0.6 is 0 Å². The second-order valence-electron chi connectivity index (χ2n) is 3.91. The summed E-state index contributed by atoms with van der Waals surface area (Å²) in [4.78, 5) is 0.271. The average molecular weight is 248 g/mol. The highest BCUT2D eigenvalue weighted by Crippen LogP contribution is 2.16. The lowest BCUT2D eigenvalue weighted by Gasteiger charge is -2.04. The van der Waals surface area contributed by atoms with Crippen molar-refractivity contribution in [3.8, 4) is 0 Å². The van der Waals surface area contributed by atoms with E-state index < -0.39 is 16.6 Å². The third-order valence-electron chi connectivity index (χ3n) is 2.50. The molecule has 0 saturated carbocycles. The summed E-state index contributed by atoms with van der Waals surface area (Å²) >= 11 is 0. The molecule has 0 aliphatic carbocycles. The van der Waals surface area contributed by atoms with Crippen LogP contribution in [0.25, 0.3) is 0 Å². The third kappa shape index (κ3) is 3.01. The Morgan fingerprint density at radius 2 is 1.71 bits per heavy atom. The lowest BCUT2D eigenvalue weighted by atomic mass is 10.2. The first-order valence-electron chi connectivity index (χ1n) is 5.35. The topological polar surface area (TPSA) is 17.1 Å². The SMILES string of the molecule is Cc1ccc(CS(=O)c2ccccc2F)cc1. The van der Waals surface area contributed by atoms with Crippen LogP contribution in [-0.2, 0) is 16.6 Å². The molecule has 2 rings (SSSR count). The average Bonchev–Trinajstić information content (AvgIpc) is 2.32. The normalized spacial score (nSPS) is 12.4. The van der Waals surface area contributed by atoms with Crippen molar-refractivity contribution in [1.29, 1.82) is 0 Å². The first-order valence-corrected chi connectivity index (χ1v) is 6.67. The van der Waals surface area contributed by atoms with Crippen LogP contribution in [0.1, 0.15) is 11.1 Å². The molecule has 17 heavy (non-hydrogen) atoms. The molecule has 88 valence electrons. The quantitative estimate of drug-likeness (QED) is 0.813. The van der Waals surface area contributed by atoms with Crippen LogP contribution in [0.4, 0.5) is 4.39 Å². The molecule has 0 saturated heterocycles. The summed E-state index contributed by atoms with van der Waals surface area (Å²) in [6.45, 7) is 2.00. The van der Waals surface area contributed by atoms with Gasteiger partial charge in [-0.2, -0.15) is 0 Å². The first-order chi connectivity index (χ1) is 8.16. The predicted molar refractivity (Wildman–Crippen MR) is 67.7 cm³/mol. The monoisotopic (exact) mass is 248 g/mol. The molecule has 0 aliphatic heterocycles. The van der Waals surface area contributed by atoms with Gasteiger partial charge in [-0.1, -0.05) is 42.0 Å². The lowest BCUT2D eigenvalue weighted by molar-refractivity contribution is 0.595. The van der Waals surface area contributed by atoms with Gasteiger partial charge in [-0.25, -0.2) is 4.39 Å². The van der Waals surface area contributed by atoms with Crippen molar-refractivity contribution in [1.82, 2.24) is 0 Å². The van der Waals surface area contributed by atoms with Gasteiger partial charge in [0.05, 0.1) is 21.4 Å². The van der Waals surface area contributed by atoms with Crippen molar-refractivity contribution >= 4 is 10.8 Å². The molecule has 0 aliphatic rings. The summed E-state index contributed by atoms with van der Waals surface area (Å²) in [5.74, 6) is -0.0563. The van der Waals surface area contributed by atoms with E-state index in [0.29, 0.717) is 5.75 Å². The largest absolute Gasteiger partial charge is 0.254 e. The predicted octanol–water partition coefficient (Wildman–Crippen LogP) is 3.44. The number of hydrogen-bond acceptors (Lipinski definition) is 1. The Bertz CT molecular complexity index is 534. The number of aryl methyl sites for hydroxylation is 1. The highest BCUT2D eigenvalue weighted by atomic mass is 32.2. The lowest BCUT2D eigenvalue weighted by Crippen LogP contribution is -1.99. The number of rotatable bonds is 3. The van der Waals surface area contributed by atoms with Crippen molar-refractivity contribution in [2.24, 2.45) is 0 Å². The van der Waals surface area contributed by atoms with Gasteiger partial charge in [-0.05, 0) is 24.6 Å². The zero-order chi connectivity index (χ0) is 12.3. The smallest absolute Gasteiger partial charge is 0.139 e. The van der Waals surface area contributed by atoms with Crippen molar-refractivity contribution in [2.75, 3.05) is 0 Å². The summed E-state index contributed by atoms with van der Waals surface area (Å²) in [6, 6.07) is 14.0. The fraction of sp³-hybridized carbons (Fsp3) is 0.143. The second-order valence-corrected chi connectivity index (χ2v) is 5.33. The van der Waals surface area contributed by atoms with Crippen LogP contribution in [-0.4, -0.2) is 4.21 Å². The van der Waals surface area contributed by atoms with Gasteiger partial charge >= 0.3 is 0 Å². The fourth-order valence-corrected chi connectivity index (χ4v) is 2.71. The molecule has 2 aromatic carbocycles. The Balaban J connectivity index is 2.17. The molecule has 0 amide bonds. The molecule has 2 aromatic rings. The molecule has 0 N–H and O–H groups in total. The van der Waals surface area contributed by atoms with Gasteiger partial charge in [0.2, 0.25) is 0 Å². The van der Waals surface area contributed by atoms with Gasteiger partial charge in [0.1, 0.15) is 5.82 Å². The Morgan fingerprint density at radius 3 is 2.35 bits per heavy atom. The minimum absolute atomic E-state index is 0.271. The van der Waals surface area contributed by atoms with Crippen molar-refractivity contribution < 1.29 is 8.60 Å². The summed E-state index contributed by atoms with van der Waals surface area (Å²) in [5, 5.41) is 0. The number of hydrogen-bond donors (Lipinski definition) is 0. The van der Waals surface area contributed by atoms with E-state index >= 15 is 0 Å². The van der Waals surface area contributed by atoms with Crippen molar-refractivity contribution in [2.45, 2.75) is 17.6 Å². The molecular formula is C14H13FOS.